The Balaban J connectivity index is 2.89. The Morgan fingerprint density at radius 3 is 2.42 bits per heavy atom. The summed E-state index contributed by atoms with van der Waals surface area (Å²) in [5, 5.41) is 8.97. The van der Waals surface area contributed by atoms with Crippen molar-refractivity contribution in [1.82, 2.24) is 0 Å². The maximum atomic E-state index is 10.4. The Kier molecular flexibility index (Phi) is 2.48. The number of aliphatic hydroxyl groups is 1. The lowest BCUT2D eigenvalue weighted by Crippen LogP contribution is -2.12. The largest absolute Gasteiger partial charge is 0.503 e. The van der Waals surface area contributed by atoms with Gasteiger partial charge in [-0.05, 0) is 11.6 Å². The summed E-state index contributed by atoms with van der Waals surface area (Å²) in [6, 6.07) is 8.98. The first-order chi connectivity index (χ1) is 5.70. The summed E-state index contributed by atoms with van der Waals surface area (Å²) in [4.78, 5) is 10.4. The van der Waals surface area contributed by atoms with Gasteiger partial charge in [0.2, 0.25) is 0 Å². The van der Waals surface area contributed by atoms with Crippen molar-refractivity contribution in [3.05, 3.63) is 41.7 Å². The molecule has 1 aromatic carbocycles. The molecule has 1 amide bonds. The molecule has 0 heterocycles. The van der Waals surface area contributed by atoms with Crippen LogP contribution in [0.4, 0.5) is 0 Å². The van der Waals surface area contributed by atoms with E-state index in [1.807, 2.05) is 6.07 Å². The molecule has 3 nitrogen and oxygen atoms in total. The second-order valence-electron chi connectivity index (χ2n) is 2.30. The highest BCUT2D eigenvalue weighted by Crippen LogP contribution is 2.03. The molecule has 0 radical (unpaired) electrons. The van der Waals surface area contributed by atoms with Crippen LogP contribution in [-0.4, -0.2) is 11.0 Å². The third kappa shape index (κ3) is 2.12. The number of amides is 1. The number of rotatable bonds is 2. The van der Waals surface area contributed by atoms with E-state index in [2.05, 4.69) is 0 Å². The van der Waals surface area contributed by atoms with Crippen molar-refractivity contribution < 1.29 is 9.90 Å². The van der Waals surface area contributed by atoms with Gasteiger partial charge >= 0.3 is 0 Å². The second kappa shape index (κ2) is 3.57. The Morgan fingerprint density at radius 1 is 1.33 bits per heavy atom. The molecule has 0 bridgehead atoms. The van der Waals surface area contributed by atoms with Crippen molar-refractivity contribution in [2.75, 3.05) is 0 Å². The standard InChI is InChI=1S/C9H9NO2/c10-9(12)8(11)6-7-4-2-1-3-5-7/h1-6,11H,(H2,10,12)/b8-6-. The second-order valence-corrected chi connectivity index (χ2v) is 2.30. The molecule has 0 atom stereocenters. The van der Waals surface area contributed by atoms with Crippen molar-refractivity contribution in [3.8, 4) is 0 Å². The van der Waals surface area contributed by atoms with E-state index in [-0.39, 0.29) is 0 Å². The maximum Gasteiger partial charge on any atom is 0.283 e. The molecule has 0 aliphatic carbocycles. The lowest BCUT2D eigenvalue weighted by molar-refractivity contribution is -0.116. The highest BCUT2D eigenvalue weighted by atomic mass is 16.3. The van der Waals surface area contributed by atoms with Gasteiger partial charge in [-0.15, -0.1) is 0 Å². The van der Waals surface area contributed by atoms with Gasteiger partial charge in [0.1, 0.15) is 0 Å². The highest BCUT2D eigenvalue weighted by Gasteiger charge is 1.99. The Hall–Kier alpha value is -1.77. The topological polar surface area (TPSA) is 63.3 Å². The fraction of sp³-hybridized carbons (Fsp3) is 0. The van der Waals surface area contributed by atoms with Crippen LogP contribution in [0.25, 0.3) is 6.08 Å². The minimum Gasteiger partial charge on any atom is -0.503 e. The van der Waals surface area contributed by atoms with Gasteiger partial charge in [0.05, 0.1) is 0 Å². The fourth-order valence-corrected chi connectivity index (χ4v) is 0.778. The molecule has 12 heavy (non-hydrogen) atoms. The van der Waals surface area contributed by atoms with Crippen LogP contribution in [0.1, 0.15) is 5.56 Å². The number of aliphatic hydroxyl groups excluding tert-OH is 1. The van der Waals surface area contributed by atoms with Crippen molar-refractivity contribution >= 4 is 12.0 Å². The van der Waals surface area contributed by atoms with Crippen LogP contribution >= 0.6 is 0 Å². The first-order valence-electron chi connectivity index (χ1n) is 3.45. The van der Waals surface area contributed by atoms with Crippen LogP contribution in [0.15, 0.2) is 36.1 Å². The number of carbonyl (C=O) groups is 1. The number of carbonyl (C=O) groups excluding carboxylic acids is 1. The molecule has 0 saturated carbocycles. The molecule has 3 heteroatoms. The van der Waals surface area contributed by atoms with Gasteiger partial charge in [-0.25, -0.2) is 0 Å². The van der Waals surface area contributed by atoms with E-state index in [4.69, 9.17) is 10.8 Å². The van der Waals surface area contributed by atoms with Crippen LogP contribution in [-0.2, 0) is 4.79 Å². The van der Waals surface area contributed by atoms with E-state index in [0.29, 0.717) is 0 Å². The fourth-order valence-electron chi connectivity index (χ4n) is 0.778. The van der Waals surface area contributed by atoms with Gasteiger partial charge in [-0.3, -0.25) is 4.79 Å². The highest BCUT2D eigenvalue weighted by molar-refractivity contribution is 5.93. The predicted octanol–water partition coefficient (Wildman–Crippen LogP) is 1.07. The number of nitrogens with two attached hydrogens (primary N) is 1. The molecule has 0 aliphatic rings. The molecule has 0 aromatic heterocycles. The molecule has 3 N–H and O–H groups in total. The lowest BCUT2D eigenvalue weighted by atomic mass is 10.2. The summed E-state index contributed by atoms with van der Waals surface area (Å²) in [5.41, 5.74) is 5.57. The summed E-state index contributed by atoms with van der Waals surface area (Å²) >= 11 is 0. The molecule has 0 spiro atoms. The molecule has 0 aliphatic heterocycles. The first-order valence-corrected chi connectivity index (χ1v) is 3.45. The van der Waals surface area contributed by atoms with Gasteiger partial charge in [-0.1, -0.05) is 30.3 Å². The number of hydrogen-bond donors (Lipinski definition) is 2. The smallest absolute Gasteiger partial charge is 0.283 e. The van der Waals surface area contributed by atoms with E-state index in [1.165, 1.54) is 6.08 Å². The zero-order valence-electron chi connectivity index (χ0n) is 6.40. The maximum absolute atomic E-state index is 10.4. The van der Waals surface area contributed by atoms with Gasteiger partial charge in [0.15, 0.2) is 5.76 Å². The van der Waals surface area contributed by atoms with E-state index in [1.54, 1.807) is 24.3 Å². The Labute approximate surface area is 70.1 Å². The zero-order valence-corrected chi connectivity index (χ0v) is 6.40. The van der Waals surface area contributed by atoms with Gasteiger partial charge in [-0.2, -0.15) is 0 Å². The third-order valence-electron chi connectivity index (χ3n) is 1.36. The van der Waals surface area contributed by atoms with E-state index < -0.39 is 11.7 Å². The molecule has 1 aromatic rings. The Bertz CT molecular complexity index is 304. The van der Waals surface area contributed by atoms with Crippen LogP contribution in [0.5, 0.6) is 0 Å². The van der Waals surface area contributed by atoms with E-state index in [0.717, 1.165) is 5.56 Å². The summed E-state index contributed by atoms with van der Waals surface area (Å²) in [6.45, 7) is 0. The summed E-state index contributed by atoms with van der Waals surface area (Å²) in [7, 11) is 0. The molecule has 0 saturated heterocycles. The van der Waals surface area contributed by atoms with Gasteiger partial charge in [0.25, 0.3) is 5.91 Å². The van der Waals surface area contributed by atoms with Crippen molar-refractivity contribution in [1.29, 1.82) is 0 Å². The van der Waals surface area contributed by atoms with Gasteiger partial charge in [0, 0.05) is 0 Å². The third-order valence-corrected chi connectivity index (χ3v) is 1.36. The normalized spacial score (nSPS) is 11.2. The van der Waals surface area contributed by atoms with E-state index >= 15 is 0 Å². The summed E-state index contributed by atoms with van der Waals surface area (Å²) in [5.74, 6) is -1.25. The lowest BCUT2D eigenvalue weighted by Gasteiger charge is -1.93. The predicted molar refractivity (Wildman–Crippen MR) is 46.2 cm³/mol. The number of hydrogen-bond acceptors (Lipinski definition) is 2. The number of benzene rings is 1. The molecular formula is C9H9NO2. The van der Waals surface area contributed by atoms with Crippen molar-refractivity contribution in [2.24, 2.45) is 5.73 Å². The van der Waals surface area contributed by atoms with Crippen LogP contribution in [0.3, 0.4) is 0 Å². The van der Waals surface area contributed by atoms with E-state index in [9.17, 15) is 4.79 Å². The summed E-state index contributed by atoms with van der Waals surface area (Å²) in [6.07, 6.45) is 1.32. The minimum absolute atomic E-state index is 0.429. The first kappa shape index (κ1) is 8.33. The van der Waals surface area contributed by atoms with Crippen LogP contribution < -0.4 is 5.73 Å². The monoisotopic (exact) mass is 163 g/mol. The van der Waals surface area contributed by atoms with Crippen LogP contribution in [0, 0.1) is 0 Å². The number of primary amides is 1. The zero-order chi connectivity index (χ0) is 8.97. The molecule has 62 valence electrons. The Morgan fingerprint density at radius 2 is 1.92 bits per heavy atom. The molecular weight excluding hydrogens is 154 g/mol. The van der Waals surface area contributed by atoms with Crippen molar-refractivity contribution in [2.45, 2.75) is 0 Å². The molecule has 0 fully saturated rings. The van der Waals surface area contributed by atoms with Crippen LogP contribution in [0.2, 0.25) is 0 Å². The average molecular weight is 163 g/mol. The molecule has 1 rings (SSSR count). The van der Waals surface area contributed by atoms with Gasteiger partial charge < -0.3 is 10.8 Å². The quantitative estimate of drug-likeness (QED) is 0.506. The molecule has 0 unspecified atom stereocenters. The summed E-state index contributed by atoms with van der Waals surface area (Å²) < 4.78 is 0. The van der Waals surface area contributed by atoms with Crippen molar-refractivity contribution in [3.63, 3.8) is 0 Å². The average Bonchev–Trinajstić information content (AvgIpc) is 2.06. The SMILES string of the molecule is NC(=O)/C(O)=C/c1ccccc1. The minimum atomic E-state index is -0.821.